The van der Waals surface area contributed by atoms with Crippen molar-refractivity contribution in [2.45, 2.75) is 20.8 Å². The van der Waals surface area contributed by atoms with Crippen molar-refractivity contribution in [1.29, 1.82) is 0 Å². The molecule has 0 fully saturated rings. The molecule has 0 heterocycles. The van der Waals surface area contributed by atoms with Crippen molar-refractivity contribution in [2.75, 3.05) is 119 Å². The van der Waals surface area contributed by atoms with E-state index in [0.717, 1.165) is 0 Å². The Labute approximate surface area is 371 Å². The number of ether oxygens (including phenoxy) is 12. The third-order valence-electron chi connectivity index (χ3n) is 7.61. The maximum Gasteiger partial charge on any atom is 0.412 e. The molecule has 21 heteroatoms. The minimum absolute atomic E-state index is 0.0574. The molecule has 0 aromatic heterocycles. The lowest BCUT2D eigenvalue weighted by atomic mass is 10.1. The van der Waals surface area contributed by atoms with Gasteiger partial charge in [0.05, 0.1) is 79.3 Å². The number of esters is 3. The molecule has 2 aromatic rings. The van der Waals surface area contributed by atoms with Gasteiger partial charge in [-0.05, 0) is 51.1 Å². The average Bonchev–Trinajstić information content (AvgIpc) is 3.25. The molecule has 3 N–H and O–H groups in total. The van der Waals surface area contributed by atoms with Gasteiger partial charge in [0.25, 0.3) is 0 Å². The first kappa shape index (κ1) is 54.0. The van der Waals surface area contributed by atoms with Crippen molar-refractivity contribution in [3.63, 3.8) is 0 Å². The lowest BCUT2D eigenvalue weighted by Crippen LogP contribution is -2.31. The van der Waals surface area contributed by atoms with Crippen LogP contribution in [-0.2, 0) is 57.0 Å². The topological polar surface area (TPSA) is 249 Å². The van der Waals surface area contributed by atoms with E-state index in [0.29, 0.717) is 22.1 Å². The fourth-order valence-corrected chi connectivity index (χ4v) is 4.52. The van der Waals surface area contributed by atoms with Crippen LogP contribution in [0.1, 0.15) is 20.8 Å². The van der Waals surface area contributed by atoms with Gasteiger partial charge < -0.3 is 72.8 Å². The van der Waals surface area contributed by atoms with E-state index in [2.05, 4.69) is 35.7 Å². The summed E-state index contributed by atoms with van der Waals surface area (Å²) in [7, 11) is 0. The second kappa shape index (κ2) is 32.6. The van der Waals surface area contributed by atoms with Crippen LogP contribution >= 0.6 is 0 Å². The van der Waals surface area contributed by atoms with Crippen LogP contribution in [0.2, 0.25) is 0 Å². The summed E-state index contributed by atoms with van der Waals surface area (Å²) in [6.07, 6.45) is -2.40. The fourth-order valence-electron chi connectivity index (χ4n) is 4.52. The van der Waals surface area contributed by atoms with Gasteiger partial charge in [-0.25, -0.2) is 28.8 Å². The number of benzene rings is 2. The second-order valence-electron chi connectivity index (χ2n) is 13.1. The van der Waals surface area contributed by atoms with Crippen molar-refractivity contribution >= 4 is 47.0 Å². The summed E-state index contributed by atoms with van der Waals surface area (Å²) in [4.78, 5) is 72.2. The number of fused-ring (bicyclic) bond motifs is 1. The Balaban J connectivity index is 1.89. The standard InChI is InChI=1S/C43H59N3O18/c1-30(2)38(47)59-26-23-56-20-17-53-14-11-44-41(50)62-33-7-8-34-35(29-33)37(64-43(52)46-13-16-55-19-22-58-25-28-61-40(49)32(5)6)10-9-36(34)63-42(51)45-12-15-54-18-21-57-24-27-60-39(48)31(3)4/h7-10,29H,1,3,5,11-28H2,2,4,6H3,(H,44,50)(H,45,51)(H,46,52). The summed E-state index contributed by atoms with van der Waals surface area (Å²) in [6, 6.07) is 7.28. The number of hydrogen-bond donors (Lipinski definition) is 3. The zero-order valence-corrected chi connectivity index (χ0v) is 36.6. The third-order valence-corrected chi connectivity index (χ3v) is 7.61. The minimum Gasteiger partial charge on any atom is -0.460 e. The normalized spacial score (nSPS) is 10.6. The molecule has 0 aliphatic carbocycles. The number of amides is 3. The van der Waals surface area contributed by atoms with Crippen LogP contribution < -0.4 is 30.2 Å². The van der Waals surface area contributed by atoms with E-state index in [1.807, 2.05) is 0 Å². The quantitative estimate of drug-likeness (QED) is 0.0401. The van der Waals surface area contributed by atoms with Gasteiger partial charge in [-0.1, -0.05) is 19.7 Å². The monoisotopic (exact) mass is 905 g/mol. The van der Waals surface area contributed by atoms with Gasteiger partial charge in [0, 0.05) is 47.1 Å². The molecule has 0 atom stereocenters. The van der Waals surface area contributed by atoms with Gasteiger partial charge in [-0.3, -0.25) is 0 Å². The van der Waals surface area contributed by atoms with Crippen LogP contribution in [-0.4, -0.2) is 155 Å². The molecule has 2 aromatic carbocycles. The van der Waals surface area contributed by atoms with Gasteiger partial charge in [-0.15, -0.1) is 0 Å². The molecule has 354 valence electrons. The first-order valence-electron chi connectivity index (χ1n) is 20.2. The molecule has 0 aliphatic heterocycles. The molecule has 0 aliphatic rings. The molecule has 2 rings (SSSR count). The van der Waals surface area contributed by atoms with Gasteiger partial charge >= 0.3 is 36.2 Å². The zero-order chi connectivity index (χ0) is 47.0. The van der Waals surface area contributed by atoms with Crippen molar-refractivity contribution in [3.05, 3.63) is 66.8 Å². The number of carbonyl (C=O) groups is 6. The molecule has 0 spiro atoms. The first-order valence-corrected chi connectivity index (χ1v) is 20.2. The molecule has 0 bridgehead atoms. The van der Waals surface area contributed by atoms with E-state index in [1.165, 1.54) is 30.3 Å². The summed E-state index contributed by atoms with van der Waals surface area (Å²) in [5.41, 5.74) is 0.888. The number of carbonyl (C=O) groups excluding carboxylic acids is 6. The average molecular weight is 906 g/mol. The lowest BCUT2D eigenvalue weighted by Gasteiger charge is -2.14. The Hall–Kier alpha value is -6.10. The molecule has 0 radical (unpaired) electrons. The Morgan fingerprint density at radius 2 is 0.719 bits per heavy atom. The maximum atomic E-state index is 12.8. The maximum absolute atomic E-state index is 12.8. The minimum atomic E-state index is -0.816. The molecule has 64 heavy (non-hydrogen) atoms. The molecule has 21 nitrogen and oxygen atoms in total. The Kier molecular flexibility index (Phi) is 27.5. The molecule has 0 saturated heterocycles. The summed E-state index contributed by atoms with van der Waals surface area (Å²) in [5.74, 6) is -1.24. The van der Waals surface area contributed by atoms with Crippen LogP contribution in [0, 0.1) is 0 Å². The third kappa shape index (κ3) is 24.5. The highest BCUT2D eigenvalue weighted by molar-refractivity contribution is 5.97. The molecule has 3 amide bonds. The van der Waals surface area contributed by atoms with Crippen LogP contribution in [0.15, 0.2) is 66.8 Å². The number of hydrogen-bond acceptors (Lipinski definition) is 18. The van der Waals surface area contributed by atoms with Gasteiger partial charge in [0.15, 0.2) is 0 Å². The highest BCUT2D eigenvalue weighted by Crippen LogP contribution is 2.36. The van der Waals surface area contributed by atoms with Crippen molar-refractivity contribution in [2.24, 2.45) is 0 Å². The van der Waals surface area contributed by atoms with E-state index in [-0.39, 0.29) is 141 Å². The van der Waals surface area contributed by atoms with Gasteiger partial charge in [0.1, 0.15) is 37.1 Å². The Morgan fingerprint density at radius 3 is 1.08 bits per heavy atom. The molecule has 0 unspecified atom stereocenters. The Morgan fingerprint density at radius 1 is 0.406 bits per heavy atom. The number of nitrogens with one attached hydrogen (secondary N) is 3. The number of rotatable bonds is 33. The predicted molar refractivity (Wildman–Crippen MR) is 228 cm³/mol. The Bertz CT molecular complexity index is 1850. The van der Waals surface area contributed by atoms with Crippen LogP contribution in [0.4, 0.5) is 14.4 Å². The summed E-state index contributed by atoms with van der Waals surface area (Å²) in [5, 5.41) is 8.33. The van der Waals surface area contributed by atoms with E-state index < -0.39 is 36.2 Å². The first-order chi connectivity index (χ1) is 30.8. The fraction of sp³-hybridized carbons (Fsp3) is 0.488. The van der Waals surface area contributed by atoms with Crippen molar-refractivity contribution in [3.8, 4) is 17.2 Å². The molecular weight excluding hydrogens is 846 g/mol. The van der Waals surface area contributed by atoms with E-state index in [1.54, 1.807) is 20.8 Å². The summed E-state index contributed by atoms with van der Waals surface area (Å²) >= 11 is 0. The highest BCUT2D eigenvalue weighted by atomic mass is 16.6. The highest BCUT2D eigenvalue weighted by Gasteiger charge is 2.16. The van der Waals surface area contributed by atoms with Crippen molar-refractivity contribution in [1.82, 2.24) is 16.0 Å². The van der Waals surface area contributed by atoms with Gasteiger partial charge in [0.2, 0.25) is 0 Å². The summed E-state index contributed by atoms with van der Waals surface area (Å²) in [6.45, 7) is 18.1. The largest absolute Gasteiger partial charge is 0.460 e. The van der Waals surface area contributed by atoms with Gasteiger partial charge in [-0.2, -0.15) is 0 Å². The van der Waals surface area contributed by atoms with E-state index in [9.17, 15) is 28.8 Å². The van der Waals surface area contributed by atoms with E-state index in [4.69, 9.17) is 56.8 Å². The predicted octanol–water partition coefficient (Wildman–Crippen LogP) is 3.56. The SMILES string of the molecule is C=C(C)C(=O)OCCOCCOCCNC(=O)Oc1ccc2c(OC(=O)NCCOCCOCCOC(=O)C(=C)C)ccc(OC(=O)NCCOCCOCCOC(=O)C(=C)C)c2c1. The van der Waals surface area contributed by atoms with Crippen LogP contribution in [0.5, 0.6) is 17.2 Å². The lowest BCUT2D eigenvalue weighted by molar-refractivity contribution is -0.141. The zero-order valence-electron chi connectivity index (χ0n) is 36.6. The van der Waals surface area contributed by atoms with Crippen molar-refractivity contribution < 1.29 is 85.6 Å². The molecule has 0 saturated carbocycles. The van der Waals surface area contributed by atoms with Crippen LogP contribution in [0.25, 0.3) is 10.8 Å². The second-order valence-corrected chi connectivity index (χ2v) is 13.1. The van der Waals surface area contributed by atoms with E-state index >= 15 is 0 Å². The van der Waals surface area contributed by atoms with Crippen LogP contribution in [0.3, 0.4) is 0 Å². The smallest absolute Gasteiger partial charge is 0.412 e. The molecular formula is C43H59N3O18. The summed E-state index contributed by atoms with van der Waals surface area (Å²) < 4.78 is 63.7.